The van der Waals surface area contributed by atoms with Gasteiger partial charge in [-0.1, -0.05) is 6.07 Å². The summed E-state index contributed by atoms with van der Waals surface area (Å²) in [7, 11) is 0. The smallest absolute Gasteiger partial charge is 0.150 e. The maximum absolute atomic E-state index is 10.9. The van der Waals surface area contributed by atoms with Gasteiger partial charge in [-0.2, -0.15) is 0 Å². The zero-order valence-electron chi connectivity index (χ0n) is 10.0. The number of hydrogen-bond donors (Lipinski definition) is 1. The van der Waals surface area contributed by atoms with E-state index in [0.717, 1.165) is 30.5 Å². The molecule has 0 spiro atoms. The Morgan fingerprint density at radius 1 is 1.19 bits per heavy atom. The lowest BCUT2D eigenvalue weighted by Crippen LogP contribution is -2.27. The summed E-state index contributed by atoms with van der Waals surface area (Å²) in [6.45, 7) is 6.36. The average molecular weight is 217 g/mol. The van der Waals surface area contributed by atoms with Crippen LogP contribution in [0.4, 0.5) is 0 Å². The fraction of sp³-hybridized carbons (Fsp3) is 0.500. The molecule has 1 fully saturated rings. The van der Waals surface area contributed by atoms with E-state index in [9.17, 15) is 4.79 Å². The lowest BCUT2D eigenvalue weighted by atomic mass is 9.85. The molecule has 0 radical (unpaired) electrons. The molecule has 0 atom stereocenters. The van der Waals surface area contributed by atoms with E-state index in [0.29, 0.717) is 5.92 Å². The molecule has 86 valence electrons. The maximum atomic E-state index is 10.9. The zero-order chi connectivity index (χ0) is 11.5. The molecule has 2 heteroatoms. The molecule has 1 aliphatic heterocycles. The third-order valence-electron chi connectivity index (χ3n) is 3.56. The maximum Gasteiger partial charge on any atom is 0.150 e. The van der Waals surface area contributed by atoms with Gasteiger partial charge in [-0.25, -0.2) is 0 Å². The van der Waals surface area contributed by atoms with Crippen LogP contribution in [0.3, 0.4) is 0 Å². The Balaban J connectivity index is 2.33. The molecule has 0 amide bonds. The average Bonchev–Trinajstić information content (AvgIpc) is 2.32. The van der Waals surface area contributed by atoms with Gasteiger partial charge < -0.3 is 5.32 Å². The highest BCUT2D eigenvalue weighted by molar-refractivity contribution is 5.77. The molecule has 1 heterocycles. The summed E-state index contributed by atoms with van der Waals surface area (Å²) in [5.74, 6) is 0.667. The molecule has 0 aliphatic carbocycles. The SMILES string of the molecule is Cc1cc(C2CCNCC2)c(C)cc1C=O. The minimum atomic E-state index is 0.667. The highest BCUT2D eigenvalue weighted by Crippen LogP contribution is 2.29. The van der Waals surface area contributed by atoms with Crippen LogP contribution in [-0.4, -0.2) is 19.4 Å². The van der Waals surface area contributed by atoms with E-state index in [1.165, 1.54) is 24.0 Å². The van der Waals surface area contributed by atoms with Crippen LogP contribution in [0, 0.1) is 13.8 Å². The number of rotatable bonds is 2. The van der Waals surface area contributed by atoms with Crippen molar-refractivity contribution in [2.45, 2.75) is 32.6 Å². The van der Waals surface area contributed by atoms with Crippen molar-refractivity contribution < 1.29 is 4.79 Å². The summed E-state index contributed by atoms with van der Waals surface area (Å²) >= 11 is 0. The number of carbonyl (C=O) groups is 1. The summed E-state index contributed by atoms with van der Waals surface area (Å²) in [4.78, 5) is 10.9. The first-order valence-electron chi connectivity index (χ1n) is 5.99. The third-order valence-corrected chi connectivity index (χ3v) is 3.56. The van der Waals surface area contributed by atoms with Crippen molar-refractivity contribution in [2.24, 2.45) is 0 Å². The second-order valence-electron chi connectivity index (χ2n) is 4.71. The van der Waals surface area contributed by atoms with Crippen molar-refractivity contribution in [3.63, 3.8) is 0 Å². The number of aryl methyl sites for hydroxylation is 2. The molecule has 0 unspecified atom stereocenters. The quantitative estimate of drug-likeness (QED) is 0.771. The fourth-order valence-corrected chi connectivity index (χ4v) is 2.56. The number of benzene rings is 1. The van der Waals surface area contributed by atoms with Crippen LogP contribution in [0.2, 0.25) is 0 Å². The topological polar surface area (TPSA) is 29.1 Å². The van der Waals surface area contributed by atoms with Crippen molar-refractivity contribution >= 4 is 6.29 Å². The molecular formula is C14H19NO. The zero-order valence-corrected chi connectivity index (χ0v) is 10.0. The van der Waals surface area contributed by atoms with Gasteiger partial charge >= 0.3 is 0 Å². The molecular weight excluding hydrogens is 198 g/mol. The minimum Gasteiger partial charge on any atom is -0.317 e. The minimum absolute atomic E-state index is 0.667. The predicted molar refractivity (Wildman–Crippen MR) is 66.1 cm³/mol. The molecule has 1 aromatic rings. The Hall–Kier alpha value is -1.15. The molecule has 2 rings (SSSR count). The number of piperidine rings is 1. The van der Waals surface area contributed by atoms with E-state index in [4.69, 9.17) is 0 Å². The van der Waals surface area contributed by atoms with Crippen molar-refractivity contribution in [3.8, 4) is 0 Å². The van der Waals surface area contributed by atoms with E-state index < -0.39 is 0 Å². The van der Waals surface area contributed by atoms with E-state index in [-0.39, 0.29) is 0 Å². The van der Waals surface area contributed by atoms with E-state index in [2.05, 4.69) is 18.3 Å². The van der Waals surface area contributed by atoms with Crippen LogP contribution in [0.15, 0.2) is 12.1 Å². The molecule has 1 saturated heterocycles. The molecule has 1 N–H and O–H groups in total. The van der Waals surface area contributed by atoms with Crippen LogP contribution in [0.25, 0.3) is 0 Å². The molecule has 2 nitrogen and oxygen atoms in total. The molecule has 16 heavy (non-hydrogen) atoms. The summed E-state index contributed by atoms with van der Waals surface area (Å²) in [5.41, 5.74) is 4.63. The van der Waals surface area contributed by atoms with Crippen LogP contribution in [-0.2, 0) is 0 Å². The number of carbonyl (C=O) groups excluding carboxylic acids is 1. The molecule has 0 bridgehead atoms. The van der Waals surface area contributed by atoms with Gasteiger partial charge in [0.1, 0.15) is 6.29 Å². The fourth-order valence-electron chi connectivity index (χ4n) is 2.56. The van der Waals surface area contributed by atoms with Gasteiger partial charge in [-0.15, -0.1) is 0 Å². The van der Waals surface area contributed by atoms with Crippen molar-refractivity contribution in [2.75, 3.05) is 13.1 Å². The number of hydrogen-bond acceptors (Lipinski definition) is 2. The van der Waals surface area contributed by atoms with Gasteiger partial charge in [-0.3, -0.25) is 4.79 Å². The highest BCUT2D eigenvalue weighted by Gasteiger charge is 2.17. The Labute approximate surface area is 97.1 Å². The second-order valence-corrected chi connectivity index (χ2v) is 4.71. The first-order valence-corrected chi connectivity index (χ1v) is 5.99. The Morgan fingerprint density at radius 3 is 2.50 bits per heavy atom. The monoisotopic (exact) mass is 217 g/mol. The third kappa shape index (κ3) is 2.17. The van der Waals surface area contributed by atoms with Gasteiger partial charge in [0.15, 0.2) is 0 Å². The standard InChI is InChI=1S/C14H19NO/c1-10-8-14(11(2)7-13(10)9-16)12-3-5-15-6-4-12/h7-9,12,15H,3-6H2,1-2H3. The first-order chi connectivity index (χ1) is 7.72. The Morgan fingerprint density at radius 2 is 1.88 bits per heavy atom. The van der Waals surface area contributed by atoms with Crippen LogP contribution in [0.1, 0.15) is 45.8 Å². The number of aldehydes is 1. The normalized spacial score (nSPS) is 17.4. The summed E-state index contributed by atoms with van der Waals surface area (Å²) in [6, 6.07) is 4.23. The molecule has 0 saturated carbocycles. The second kappa shape index (κ2) is 4.79. The molecule has 1 aliphatic rings. The van der Waals surface area contributed by atoms with E-state index in [1.54, 1.807) is 0 Å². The van der Waals surface area contributed by atoms with Gasteiger partial charge in [0.2, 0.25) is 0 Å². The summed E-state index contributed by atoms with van der Waals surface area (Å²) in [5, 5.41) is 3.38. The lowest BCUT2D eigenvalue weighted by molar-refractivity contribution is 0.112. The highest BCUT2D eigenvalue weighted by atomic mass is 16.1. The Kier molecular flexibility index (Phi) is 3.39. The lowest BCUT2D eigenvalue weighted by Gasteiger charge is -2.25. The van der Waals surface area contributed by atoms with Crippen LogP contribution < -0.4 is 5.32 Å². The molecule has 0 aromatic heterocycles. The molecule has 1 aromatic carbocycles. The van der Waals surface area contributed by atoms with Gasteiger partial charge in [0.25, 0.3) is 0 Å². The van der Waals surface area contributed by atoms with E-state index in [1.807, 2.05) is 13.0 Å². The summed E-state index contributed by atoms with van der Waals surface area (Å²) in [6.07, 6.45) is 3.37. The van der Waals surface area contributed by atoms with Gasteiger partial charge in [-0.05, 0) is 68.5 Å². The number of nitrogens with one attached hydrogen (secondary N) is 1. The van der Waals surface area contributed by atoms with Gasteiger partial charge in [0, 0.05) is 5.56 Å². The van der Waals surface area contributed by atoms with Crippen molar-refractivity contribution in [1.82, 2.24) is 5.32 Å². The Bertz CT molecular complexity index is 392. The predicted octanol–water partition coefficient (Wildman–Crippen LogP) is 2.58. The van der Waals surface area contributed by atoms with E-state index >= 15 is 0 Å². The van der Waals surface area contributed by atoms with Gasteiger partial charge in [0.05, 0.1) is 0 Å². The van der Waals surface area contributed by atoms with Crippen LogP contribution in [0.5, 0.6) is 0 Å². The van der Waals surface area contributed by atoms with Crippen LogP contribution >= 0.6 is 0 Å². The van der Waals surface area contributed by atoms with Crippen molar-refractivity contribution in [3.05, 3.63) is 34.4 Å². The summed E-state index contributed by atoms with van der Waals surface area (Å²) < 4.78 is 0. The largest absolute Gasteiger partial charge is 0.317 e. The van der Waals surface area contributed by atoms with Crippen molar-refractivity contribution in [1.29, 1.82) is 0 Å². The first kappa shape index (κ1) is 11.3.